The van der Waals surface area contributed by atoms with Gasteiger partial charge in [0, 0.05) is 13.0 Å². The summed E-state index contributed by atoms with van der Waals surface area (Å²) in [6.45, 7) is 4.10. The minimum Gasteiger partial charge on any atom is -0.457 e. The van der Waals surface area contributed by atoms with E-state index in [-0.39, 0.29) is 13.0 Å². The van der Waals surface area contributed by atoms with Crippen molar-refractivity contribution in [2.45, 2.75) is 211 Å². The number of ether oxygens (including phenoxy) is 2. The van der Waals surface area contributed by atoms with E-state index in [2.05, 4.69) is 62.5 Å². The molecular formula is C45H81O12P. The van der Waals surface area contributed by atoms with Crippen LogP contribution in [0.4, 0.5) is 0 Å². The molecule has 13 heteroatoms. The predicted molar refractivity (Wildman–Crippen MR) is 230 cm³/mol. The fourth-order valence-electron chi connectivity index (χ4n) is 6.64. The number of carbonyl (C=O) groups is 1. The largest absolute Gasteiger partial charge is 0.472 e. The third-order valence-corrected chi connectivity index (χ3v) is 11.2. The van der Waals surface area contributed by atoms with E-state index < -0.39 is 63.1 Å². The highest BCUT2D eigenvalue weighted by Crippen LogP contribution is 2.47. The molecule has 1 fully saturated rings. The van der Waals surface area contributed by atoms with E-state index in [1.54, 1.807) is 0 Å². The fourth-order valence-corrected chi connectivity index (χ4v) is 7.61. The highest BCUT2D eigenvalue weighted by molar-refractivity contribution is 7.47. The van der Waals surface area contributed by atoms with Crippen LogP contribution in [0.3, 0.4) is 0 Å². The topological polar surface area (TPSA) is 192 Å². The molecule has 1 saturated carbocycles. The first-order valence-corrected chi connectivity index (χ1v) is 24.0. The molecule has 58 heavy (non-hydrogen) atoms. The van der Waals surface area contributed by atoms with E-state index >= 15 is 0 Å². The number of hydrogen-bond acceptors (Lipinski definition) is 11. The van der Waals surface area contributed by atoms with E-state index in [0.717, 1.165) is 57.8 Å². The minimum absolute atomic E-state index is 0.0925. The molecule has 0 saturated heterocycles. The Hall–Kier alpha value is -1.70. The van der Waals surface area contributed by atoms with Crippen molar-refractivity contribution in [1.82, 2.24) is 0 Å². The quantitative estimate of drug-likeness (QED) is 0.0151. The lowest BCUT2D eigenvalue weighted by atomic mass is 9.85. The van der Waals surface area contributed by atoms with Gasteiger partial charge in [-0.25, -0.2) is 4.57 Å². The van der Waals surface area contributed by atoms with Crippen LogP contribution in [-0.2, 0) is 27.9 Å². The average Bonchev–Trinajstić information content (AvgIpc) is 3.21. The Morgan fingerprint density at radius 3 is 1.52 bits per heavy atom. The van der Waals surface area contributed by atoms with Gasteiger partial charge >= 0.3 is 13.8 Å². The van der Waals surface area contributed by atoms with Crippen LogP contribution >= 0.6 is 7.82 Å². The van der Waals surface area contributed by atoms with E-state index in [9.17, 15) is 39.8 Å². The van der Waals surface area contributed by atoms with Crippen LogP contribution < -0.4 is 0 Å². The molecule has 338 valence electrons. The van der Waals surface area contributed by atoms with Gasteiger partial charge in [-0.2, -0.15) is 0 Å². The van der Waals surface area contributed by atoms with E-state index in [1.165, 1.54) is 83.5 Å². The molecule has 6 N–H and O–H groups in total. The van der Waals surface area contributed by atoms with Crippen molar-refractivity contribution in [3.63, 3.8) is 0 Å². The molecule has 1 aliphatic rings. The maximum Gasteiger partial charge on any atom is 0.472 e. The summed E-state index contributed by atoms with van der Waals surface area (Å²) in [7, 11) is -5.03. The van der Waals surface area contributed by atoms with Crippen LogP contribution in [0.25, 0.3) is 0 Å². The highest BCUT2D eigenvalue weighted by atomic mass is 31.2. The Labute approximate surface area is 350 Å². The number of carbonyl (C=O) groups excluding carboxylic acids is 1. The Kier molecular flexibility index (Phi) is 33.7. The maximum atomic E-state index is 12.8. The van der Waals surface area contributed by atoms with Crippen molar-refractivity contribution in [3.05, 3.63) is 48.6 Å². The maximum absolute atomic E-state index is 12.8. The van der Waals surface area contributed by atoms with E-state index in [0.29, 0.717) is 13.0 Å². The van der Waals surface area contributed by atoms with E-state index in [4.69, 9.17) is 18.5 Å². The number of phosphoric acid groups is 1. The van der Waals surface area contributed by atoms with Crippen molar-refractivity contribution in [2.75, 3.05) is 19.8 Å². The number of hydrogen-bond donors (Lipinski definition) is 6. The molecule has 1 rings (SSSR count). The number of unbranched alkanes of at least 4 members (excludes halogenated alkanes) is 17. The van der Waals surface area contributed by atoms with Gasteiger partial charge in [0.1, 0.15) is 42.7 Å². The molecule has 12 nitrogen and oxygen atoms in total. The molecule has 0 heterocycles. The zero-order valence-electron chi connectivity index (χ0n) is 35.8. The average molecular weight is 845 g/mol. The number of aliphatic hydroxyl groups is 5. The van der Waals surface area contributed by atoms with Crippen molar-refractivity contribution in [3.8, 4) is 0 Å². The third kappa shape index (κ3) is 27.9. The molecule has 0 radical (unpaired) electrons. The number of esters is 1. The minimum atomic E-state index is -5.03. The summed E-state index contributed by atoms with van der Waals surface area (Å²) >= 11 is 0. The summed E-state index contributed by atoms with van der Waals surface area (Å²) in [6.07, 6.45) is 30.4. The van der Waals surface area contributed by atoms with E-state index in [1.807, 2.05) is 0 Å². The first kappa shape index (κ1) is 54.3. The number of rotatable bonds is 37. The first-order chi connectivity index (χ1) is 28.0. The van der Waals surface area contributed by atoms with Crippen molar-refractivity contribution in [2.24, 2.45) is 0 Å². The molecule has 1 aliphatic carbocycles. The zero-order chi connectivity index (χ0) is 42.7. The normalized spacial score (nSPS) is 23.1. The molecule has 8 atom stereocenters. The standard InChI is InChI=1S/C45H81O12P/c1-3-5-7-9-11-13-15-17-19-21-23-25-27-29-31-33-35-54-36-38(37-55-58(52,53)57-45-43(50)41(48)40(47)42(49)44(45)51)56-39(46)34-32-30-28-26-24-22-20-18-16-14-12-10-8-6-4-2/h6,8,12,14,18,20,24,26,38,40-45,47-51H,3-5,7,9-11,13,15-17,19,21-23,25,27-37H2,1-2H3,(H,52,53)/b8-6-,14-12-,20-18-,26-24-/t38-,40?,41-,42?,43?,44?,45?/m1/s1. The molecule has 0 aromatic heterocycles. The summed E-state index contributed by atoms with van der Waals surface area (Å²) in [6, 6.07) is 0. The molecular weight excluding hydrogens is 763 g/mol. The Bertz CT molecular complexity index is 1140. The van der Waals surface area contributed by atoms with Crippen LogP contribution in [0.5, 0.6) is 0 Å². The number of phosphoric ester groups is 1. The Morgan fingerprint density at radius 2 is 1.02 bits per heavy atom. The van der Waals surface area contributed by atoms with Gasteiger partial charge < -0.3 is 39.9 Å². The lowest BCUT2D eigenvalue weighted by Crippen LogP contribution is -2.64. The van der Waals surface area contributed by atoms with Gasteiger partial charge in [-0.3, -0.25) is 13.8 Å². The summed E-state index contributed by atoms with van der Waals surface area (Å²) in [4.78, 5) is 23.1. The lowest BCUT2D eigenvalue weighted by Gasteiger charge is -2.41. The van der Waals surface area contributed by atoms with Gasteiger partial charge in [0.25, 0.3) is 0 Å². The Balaban J connectivity index is 2.44. The van der Waals surface area contributed by atoms with Gasteiger partial charge in [0.05, 0.1) is 13.2 Å². The lowest BCUT2D eigenvalue weighted by molar-refractivity contribution is -0.220. The first-order valence-electron chi connectivity index (χ1n) is 22.5. The Morgan fingerprint density at radius 1 is 0.569 bits per heavy atom. The third-order valence-electron chi connectivity index (χ3n) is 10.2. The second-order valence-electron chi connectivity index (χ2n) is 15.5. The number of allylic oxidation sites excluding steroid dienone is 8. The van der Waals surface area contributed by atoms with Gasteiger partial charge in [0.15, 0.2) is 0 Å². The smallest absolute Gasteiger partial charge is 0.457 e. The summed E-state index contributed by atoms with van der Waals surface area (Å²) < 4.78 is 34.1. The SMILES string of the molecule is CC/C=C\C/C=C\C/C=C\C/C=C\CCCCC(=O)O[C@H](COCCCCCCCCCCCCCCCCCC)COP(=O)(O)OC1C(O)C(O)C(O)[C@@H](O)C1O. The molecule has 0 spiro atoms. The van der Waals surface area contributed by atoms with Gasteiger partial charge in [-0.05, 0) is 51.4 Å². The van der Waals surface area contributed by atoms with Crippen LogP contribution in [0.2, 0.25) is 0 Å². The van der Waals surface area contributed by atoms with Gasteiger partial charge in [-0.1, -0.05) is 159 Å². The zero-order valence-corrected chi connectivity index (χ0v) is 36.7. The van der Waals surface area contributed by atoms with Gasteiger partial charge in [-0.15, -0.1) is 0 Å². The van der Waals surface area contributed by atoms with Gasteiger partial charge in [0.2, 0.25) is 0 Å². The number of aliphatic hydroxyl groups excluding tert-OH is 5. The predicted octanol–water partition coefficient (Wildman–Crippen LogP) is 8.86. The summed E-state index contributed by atoms with van der Waals surface area (Å²) in [5.74, 6) is -0.517. The molecule has 0 bridgehead atoms. The van der Waals surface area contributed by atoms with Crippen molar-refractivity contribution < 1.29 is 58.3 Å². The molecule has 6 unspecified atom stereocenters. The van der Waals surface area contributed by atoms with Crippen LogP contribution in [0.15, 0.2) is 48.6 Å². The van der Waals surface area contributed by atoms with Crippen LogP contribution in [0, 0.1) is 0 Å². The molecule has 0 aromatic rings. The van der Waals surface area contributed by atoms with Crippen molar-refractivity contribution in [1.29, 1.82) is 0 Å². The second-order valence-corrected chi connectivity index (χ2v) is 16.9. The summed E-state index contributed by atoms with van der Waals surface area (Å²) in [5, 5.41) is 50.1. The fraction of sp³-hybridized carbons (Fsp3) is 0.800. The molecule has 0 aliphatic heterocycles. The molecule has 0 aromatic carbocycles. The van der Waals surface area contributed by atoms with Crippen LogP contribution in [-0.4, -0.2) is 98.9 Å². The second kappa shape index (κ2) is 36.0. The summed E-state index contributed by atoms with van der Waals surface area (Å²) in [5.41, 5.74) is 0. The van der Waals surface area contributed by atoms with Crippen molar-refractivity contribution >= 4 is 13.8 Å². The highest BCUT2D eigenvalue weighted by Gasteiger charge is 2.51. The van der Waals surface area contributed by atoms with Crippen LogP contribution in [0.1, 0.15) is 168 Å². The molecule has 0 amide bonds. The monoisotopic (exact) mass is 845 g/mol.